The van der Waals surface area contributed by atoms with E-state index in [1.165, 1.54) is 0 Å². The number of alkyl halides is 17. The Hall–Kier alpha value is -2.58. The number of esters is 1. The molecule has 218 valence electrons. The van der Waals surface area contributed by atoms with Gasteiger partial charge in [-0.2, -0.15) is 74.6 Å². The van der Waals surface area contributed by atoms with Crippen LogP contribution < -0.4 is 0 Å². The Balaban J connectivity index is 6.12. The number of hydrogen-bond donors (Lipinski definition) is 1. The van der Waals surface area contributed by atoms with Gasteiger partial charge < -0.3 is 9.84 Å². The molecule has 0 aromatic heterocycles. The molecule has 0 rings (SSSR count). The van der Waals surface area contributed by atoms with Crippen molar-refractivity contribution in [2.45, 2.75) is 67.4 Å². The van der Waals surface area contributed by atoms with Gasteiger partial charge in [0.25, 0.3) is 0 Å². The Bertz CT molecular complexity index is 890. The van der Waals surface area contributed by atoms with Gasteiger partial charge in [-0.15, -0.1) is 4.91 Å². The zero-order chi connectivity index (χ0) is 30.3. The van der Waals surface area contributed by atoms with Crippen molar-refractivity contribution in [2.75, 3.05) is 6.61 Å². The van der Waals surface area contributed by atoms with Gasteiger partial charge in [0.1, 0.15) is 5.76 Å². The van der Waals surface area contributed by atoms with Crippen molar-refractivity contribution in [3.63, 3.8) is 0 Å². The molecule has 1 N–H and O–H groups in total. The van der Waals surface area contributed by atoms with Crippen molar-refractivity contribution in [3.8, 4) is 0 Å². The van der Waals surface area contributed by atoms with E-state index in [4.69, 9.17) is 5.11 Å². The molecule has 0 fully saturated rings. The molecule has 37 heavy (non-hydrogen) atoms. The molecule has 5 nitrogen and oxygen atoms in total. The minimum Gasteiger partial charge on any atom is -0.510 e. The predicted octanol–water partition coefficient (Wildman–Crippen LogP) is 6.88. The third-order valence-electron chi connectivity index (χ3n) is 4.28. The first-order valence-electron chi connectivity index (χ1n) is 8.64. The number of rotatable bonds is 12. The number of aliphatic hydroxyl groups is 1. The van der Waals surface area contributed by atoms with Crippen LogP contribution >= 0.6 is 0 Å². The number of hydrogen-bond acceptors (Lipinski definition) is 5. The Morgan fingerprint density at radius 1 is 0.676 bits per heavy atom. The van der Waals surface area contributed by atoms with Gasteiger partial charge in [-0.05, 0) is 18.5 Å². The third-order valence-corrected chi connectivity index (χ3v) is 4.28. The Morgan fingerprint density at radius 3 is 1.35 bits per heavy atom. The largest absolute Gasteiger partial charge is 0.510 e. The summed E-state index contributed by atoms with van der Waals surface area (Å²) >= 11 is 0. The van der Waals surface area contributed by atoms with Gasteiger partial charge >= 0.3 is 53.6 Å². The summed E-state index contributed by atoms with van der Waals surface area (Å²) in [6.45, 7) is -0.913. The molecular formula is C15H10F17NO4. The number of carbonyl (C=O) groups excluding carboxylic acids is 1. The second kappa shape index (κ2) is 9.95. The van der Waals surface area contributed by atoms with Crippen LogP contribution in [0.2, 0.25) is 0 Å². The lowest BCUT2D eigenvalue weighted by molar-refractivity contribution is -0.461. The molecule has 0 aliphatic rings. The first kappa shape index (κ1) is 34.4. The van der Waals surface area contributed by atoms with Gasteiger partial charge in [0.05, 0.1) is 6.61 Å². The van der Waals surface area contributed by atoms with Crippen LogP contribution in [0.3, 0.4) is 0 Å². The van der Waals surface area contributed by atoms with Crippen LogP contribution in [0.4, 0.5) is 74.6 Å². The van der Waals surface area contributed by atoms with Gasteiger partial charge in [-0.3, -0.25) is 0 Å². The van der Waals surface area contributed by atoms with Crippen molar-refractivity contribution >= 4 is 5.97 Å². The summed E-state index contributed by atoms with van der Waals surface area (Å²) in [7, 11) is 0. The summed E-state index contributed by atoms with van der Waals surface area (Å²) in [5.74, 6) is -60.1. The van der Waals surface area contributed by atoms with E-state index in [9.17, 15) is 84.3 Å². The molecule has 0 spiro atoms. The van der Waals surface area contributed by atoms with E-state index in [1.54, 1.807) is 0 Å². The van der Waals surface area contributed by atoms with E-state index in [2.05, 4.69) is 4.74 Å². The molecule has 0 atom stereocenters. The normalized spacial score (nSPS) is 15.8. The first-order valence-corrected chi connectivity index (χ1v) is 8.64. The number of ether oxygens (including phenoxy) is 1. The lowest BCUT2D eigenvalue weighted by Crippen LogP contribution is -2.74. The number of carbonyl (C=O) groups is 1. The lowest BCUT2D eigenvalue weighted by atomic mass is 9.88. The average Bonchev–Trinajstić information content (AvgIpc) is 2.69. The van der Waals surface area contributed by atoms with Gasteiger partial charge in [0.15, 0.2) is 0 Å². The zero-order valence-electron chi connectivity index (χ0n) is 17.2. The Labute approximate surface area is 192 Å². The van der Waals surface area contributed by atoms with Gasteiger partial charge in [0, 0.05) is 6.42 Å². The highest BCUT2D eigenvalue weighted by molar-refractivity contribution is 5.88. The number of nitroso groups, excluding NO2 is 1. The molecule has 0 heterocycles. The lowest BCUT2D eigenvalue weighted by Gasteiger charge is -2.42. The topological polar surface area (TPSA) is 76.0 Å². The second-order valence-corrected chi connectivity index (χ2v) is 6.91. The van der Waals surface area contributed by atoms with Gasteiger partial charge in [-0.1, -0.05) is 0 Å². The van der Waals surface area contributed by atoms with Crippen LogP contribution in [0.1, 0.15) is 19.8 Å². The van der Waals surface area contributed by atoms with Crippen molar-refractivity contribution in [1.82, 2.24) is 0 Å². The van der Waals surface area contributed by atoms with Crippen LogP contribution in [0.25, 0.3) is 0 Å². The highest BCUT2D eigenvalue weighted by atomic mass is 19.4. The van der Waals surface area contributed by atoms with Crippen LogP contribution in [-0.2, 0) is 9.53 Å². The van der Waals surface area contributed by atoms with Gasteiger partial charge in [0.2, 0.25) is 5.70 Å². The molecule has 0 aromatic carbocycles. The van der Waals surface area contributed by atoms with E-state index in [-0.39, 0.29) is 0 Å². The van der Waals surface area contributed by atoms with E-state index < -0.39 is 84.5 Å². The van der Waals surface area contributed by atoms with Gasteiger partial charge in [-0.25, -0.2) is 4.79 Å². The highest BCUT2D eigenvalue weighted by Gasteiger charge is 2.95. The average molecular weight is 591 g/mol. The van der Waals surface area contributed by atoms with Crippen molar-refractivity contribution in [2.24, 2.45) is 5.18 Å². The monoisotopic (exact) mass is 591 g/mol. The maximum absolute atomic E-state index is 13.6. The van der Waals surface area contributed by atoms with E-state index >= 15 is 0 Å². The SMILES string of the molecule is C/C(O)=C(\N=O)C(=O)OCCCC(F)(F)C(F)(F)C(F)(F)C(F)(F)C(F)(F)C(F)(F)C(F)(F)C(F)(F)F. The minimum atomic E-state index is -8.72. The fourth-order valence-corrected chi connectivity index (χ4v) is 2.13. The quantitative estimate of drug-likeness (QED) is 0.0671. The zero-order valence-corrected chi connectivity index (χ0v) is 17.2. The van der Waals surface area contributed by atoms with Crippen LogP contribution in [0.15, 0.2) is 16.6 Å². The molecule has 0 aromatic rings. The molecule has 22 heteroatoms. The molecule has 0 saturated heterocycles. The van der Waals surface area contributed by atoms with E-state index in [0.29, 0.717) is 6.92 Å². The maximum Gasteiger partial charge on any atom is 0.460 e. The standard InChI is InChI=1S/C15H10F17NO4/c1-5(34)6(33-36)7(35)37-4-2-3-8(16,17)9(18,19)10(20,21)11(22,23)12(24,25)13(26,27)14(28,29)15(30,31)32/h34H,2-4H2,1H3/b6-5+. The summed E-state index contributed by atoms with van der Waals surface area (Å²) < 4.78 is 227. The molecule has 0 radical (unpaired) electrons. The van der Waals surface area contributed by atoms with Crippen LogP contribution in [-0.4, -0.2) is 65.3 Å². The fourth-order valence-electron chi connectivity index (χ4n) is 2.13. The van der Waals surface area contributed by atoms with Crippen molar-refractivity contribution in [3.05, 3.63) is 16.4 Å². The third kappa shape index (κ3) is 5.36. The van der Waals surface area contributed by atoms with Crippen molar-refractivity contribution in [1.29, 1.82) is 0 Å². The number of aliphatic hydroxyl groups excluding tert-OH is 1. The Morgan fingerprint density at radius 2 is 1.03 bits per heavy atom. The fraction of sp³-hybridized carbons (Fsp3) is 0.800. The summed E-state index contributed by atoms with van der Waals surface area (Å²) in [6.07, 6.45) is -12.4. The summed E-state index contributed by atoms with van der Waals surface area (Å²) in [5.41, 5.74) is -1.41. The smallest absolute Gasteiger partial charge is 0.460 e. The number of halogens is 17. The molecule has 0 unspecified atom stereocenters. The molecular weight excluding hydrogens is 581 g/mol. The van der Waals surface area contributed by atoms with E-state index in [0.717, 1.165) is 0 Å². The van der Waals surface area contributed by atoms with Crippen LogP contribution in [0.5, 0.6) is 0 Å². The number of nitrogens with zero attached hydrogens (tertiary/aromatic N) is 1. The van der Waals surface area contributed by atoms with Crippen molar-refractivity contribution < 1.29 is 89.3 Å². The molecule has 0 aliphatic heterocycles. The molecule has 0 bridgehead atoms. The molecule has 0 aliphatic carbocycles. The maximum atomic E-state index is 13.6. The van der Waals surface area contributed by atoms with Crippen LogP contribution in [0, 0.1) is 4.91 Å². The predicted molar refractivity (Wildman–Crippen MR) is 82.0 cm³/mol. The summed E-state index contributed by atoms with van der Waals surface area (Å²) in [5, 5.41) is 10.7. The Kier molecular flexibility index (Phi) is 9.25. The first-order chi connectivity index (χ1) is 16.0. The second-order valence-electron chi connectivity index (χ2n) is 6.91. The highest BCUT2D eigenvalue weighted by Crippen LogP contribution is 2.64. The summed E-state index contributed by atoms with van der Waals surface area (Å²) in [6, 6.07) is 0. The minimum absolute atomic E-state index is 0.652. The molecule has 0 amide bonds. The number of allylic oxidation sites excluding steroid dienone is 1. The van der Waals surface area contributed by atoms with E-state index in [1.807, 2.05) is 5.18 Å². The summed E-state index contributed by atoms with van der Waals surface area (Å²) in [4.78, 5) is 21.4. The molecule has 0 saturated carbocycles.